The second-order valence-corrected chi connectivity index (χ2v) is 5.01. The number of hydrogen-bond acceptors (Lipinski definition) is 3. The van der Waals surface area contributed by atoms with Crippen molar-refractivity contribution >= 4 is 17.6 Å². The molecular weight excluding hydrogens is 250 g/mol. The number of rotatable bonds is 3. The lowest BCUT2D eigenvalue weighted by Gasteiger charge is -2.33. The first kappa shape index (κ1) is 13.4. The largest absolute Gasteiger partial charge is 0.468 e. The van der Waals surface area contributed by atoms with Crippen molar-refractivity contribution in [2.24, 2.45) is 0 Å². The first-order valence-corrected chi connectivity index (χ1v) is 6.67. The number of carbonyl (C=O) groups excluding carboxylic acids is 1. The van der Waals surface area contributed by atoms with Gasteiger partial charge in [0.1, 0.15) is 6.04 Å². The Hall–Kier alpha value is -1.06. The van der Waals surface area contributed by atoms with Crippen LogP contribution in [-0.4, -0.2) is 31.1 Å². The molecule has 4 heteroatoms. The van der Waals surface area contributed by atoms with Crippen LogP contribution in [0.1, 0.15) is 30.9 Å². The van der Waals surface area contributed by atoms with Crippen molar-refractivity contribution in [1.82, 2.24) is 4.90 Å². The Bertz CT molecular complexity index is 416. The van der Waals surface area contributed by atoms with E-state index in [4.69, 9.17) is 16.3 Å². The summed E-state index contributed by atoms with van der Waals surface area (Å²) in [5, 5.41) is 0.651. The van der Waals surface area contributed by atoms with Crippen LogP contribution in [0.5, 0.6) is 0 Å². The molecule has 1 fully saturated rings. The van der Waals surface area contributed by atoms with Crippen molar-refractivity contribution in [2.45, 2.75) is 25.3 Å². The van der Waals surface area contributed by atoms with Gasteiger partial charge in [-0.15, -0.1) is 0 Å². The number of hydrogen-bond donors (Lipinski definition) is 0. The van der Waals surface area contributed by atoms with Crippen LogP contribution in [0.3, 0.4) is 0 Å². The molecule has 1 atom stereocenters. The molecule has 0 unspecified atom stereocenters. The molecule has 0 bridgehead atoms. The van der Waals surface area contributed by atoms with E-state index in [2.05, 4.69) is 4.90 Å². The van der Waals surface area contributed by atoms with E-state index in [1.165, 1.54) is 13.5 Å². The third-order valence-corrected chi connectivity index (χ3v) is 3.58. The zero-order chi connectivity index (χ0) is 13.0. The van der Waals surface area contributed by atoms with Gasteiger partial charge in [-0.2, -0.15) is 0 Å². The van der Waals surface area contributed by atoms with Gasteiger partial charge in [0.25, 0.3) is 0 Å². The number of halogens is 1. The van der Waals surface area contributed by atoms with Crippen molar-refractivity contribution in [3.05, 3.63) is 34.9 Å². The minimum atomic E-state index is -0.325. The van der Waals surface area contributed by atoms with Gasteiger partial charge in [-0.25, -0.2) is 4.79 Å². The van der Waals surface area contributed by atoms with E-state index in [1.54, 1.807) is 0 Å². The maximum atomic E-state index is 12.0. The summed E-state index contributed by atoms with van der Waals surface area (Å²) in [4.78, 5) is 14.2. The molecule has 0 spiro atoms. The Morgan fingerprint density at radius 1 is 1.33 bits per heavy atom. The van der Waals surface area contributed by atoms with E-state index < -0.39 is 0 Å². The van der Waals surface area contributed by atoms with Crippen LogP contribution in [-0.2, 0) is 9.53 Å². The Morgan fingerprint density at radius 2 is 2.06 bits per heavy atom. The number of likely N-dealkylation sites (tertiary alicyclic amines) is 1. The topological polar surface area (TPSA) is 29.5 Å². The molecule has 0 N–H and O–H groups in total. The molecule has 0 amide bonds. The number of ether oxygens (including phenoxy) is 1. The summed E-state index contributed by atoms with van der Waals surface area (Å²) >= 11 is 6.01. The molecule has 0 aromatic heterocycles. The molecule has 18 heavy (non-hydrogen) atoms. The van der Waals surface area contributed by atoms with Crippen molar-refractivity contribution in [3.63, 3.8) is 0 Å². The molecule has 0 saturated carbocycles. The van der Waals surface area contributed by atoms with E-state index >= 15 is 0 Å². The van der Waals surface area contributed by atoms with Gasteiger partial charge in [0, 0.05) is 5.02 Å². The van der Waals surface area contributed by atoms with Crippen molar-refractivity contribution in [2.75, 3.05) is 20.2 Å². The molecule has 2 rings (SSSR count). The lowest BCUT2D eigenvalue weighted by molar-refractivity contribution is -0.147. The van der Waals surface area contributed by atoms with E-state index in [0.717, 1.165) is 31.5 Å². The molecule has 3 nitrogen and oxygen atoms in total. The Morgan fingerprint density at radius 3 is 2.67 bits per heavy atom. The highest BCUT2D eigenvalue weighted by Gasteiger charge is 2.29. The fourth-order valence-electron chi connectivity index (χ4n) is 2.46. The Balaban J connectivity index is 2.26. The van der Waals surface area contributed by atoms with Crippen molar-refractivity contribution < 1.29 is 9.53 Å². The summed E-state index contributed by atoms with van der Waals surface area (Å²) in [7, 11) is 1.43. The highest BCUT2D eigenvalue weighted by atomic mass is 35.5. The predicted molar refractivity (Wildman–Crippen MR) is 71.6 cm³/mol. The van der Waals surface area contributed by atoms with Gasteiger partial charge in [0.2, 0.25) is 0 Å². The fourth-order valence-corrected chi connectivity index (χ4v) is 2.66. The first-order valence-electron chi connectivity index (χ1n) is 6.29. The second-order valence-electron chi connectivity index (χ2n) is 4.58. The average molecular weight is 268 g/mol. The van der Waals surface area contributed by atoms with Gasteiger partial charge in [0.05, 0.1) is 7.11 Å². The predicted octanol–water partition coefficient (Wildman–Crippen LogP) is 3.04. The minimum absolute atomic E-state index is 0.209. The number of carbonyl (C=O) groups is 1. The maximum Gasteiger partial charge on any atom is 0.327 e. The highest BCUT2D eigenvalue weighted by Crippen LogP contribution is 2.27. The van der Waals surface area contributed by atoms with Crippen LogP contribution >= 0.6 is 11.6 Å². The van der Waals surface area contributed by atoms with Crippen LogP contribution < -0.4 is 0 Å². The number of esters is 1. The Labute approximate surface area is 113 Å². The summed E-state index contributed by atoms with van der Waals surface area (Å²) in [5.41, 5.74) is 0.913. The molecule has 0 radical (unpaired) electrons. The number of methoxy groups -OCH3 is 1. The molecule has 1 heterocycles. The average Bonchev–Trinajstić information content (AvgIpc) is 2.40. The third-order valence-electron chi connectivity index (χ3n) is 3.34. The molecule has 1 aromatic carbocycles. The normalized spacial score (nSPS) is 18.3. The summed E-state index contributed by atoms with van der Waals surface area (Å²) in [6.45, 7) is 1.87. The molecule has 1 aliphatic heterocycles. The minimum Gasteiger partial charge on any atom is -0.468 e. The van der Waals surface area contributed by atoms with E-state index in [0.29, 0.717) is 5.02 Å². The third kappa shape index (κ3) is 3.03. The molecule has 0 aliphatic carbocycles. The SMILES string of the molecule is COC(=O)[C@@H](c1cccc(Cl)c1)N1CCCCC1. The summed E-state index contributed by atoms with van der Waals surface area (Å²) in [6.07, 6.45) is 3.50. The van der Waals surface area contributed by atoms with Gasteiger partial charge < -0.3 is 4.74 Å². The zero-order valence-corrected chi connectivity index (χ0v) is 11.3. The number of piperidine rings is 1. The van der Waals surface area contributed by atoms with Crippen LogP contribution in [0.4, 0.5) is 0 Å². The van der Waals surface area contributed by atoms with Crippen LogP contribution in [0.25, 0.3) is 0 Å². The smallest absolute Gasteiger partial charge is 0.327 e. The van der Waals surface area contributed by atoms with Crippen molar-refractivity contribution in [3.8, 4) is 0 Å². The van der Waals surface area contributed by atoms with E-state index in [9.17, 15) is 4.79 Å². The zero-order valence-electron chi connectivity index (χ0n) is 10.6. The van der Waals surface area contributed by atoms with Gasteiger partial charge in [-0.3, -0.25) is 4.90 Å². The van der Waals surface area contributed by atoms with Crippen LogP contribution in [0, 0.1) is 0 Å². The lowest BCUT2D eigenvalue weighted by atomic mass is 10.0. The molecule has 1 saturated heterocycles. The van der Waals surface area contributed by atoms with Crippen molar-refractivity contribution in [1.29, 1.82) is 0 Å². The van der Waals surface area contributed by atoms with E-state index in [-0.39, 0.29) is 12.0 Å². The quantitative estimate of drug-likeness (QED) is 0.789. The fraction of sp³-hybridized carbons (Fsp3) is 0.500. The second kappa shape index (κ2) is 6.21. The molecular formula is C14H18ClNO2. The van der Waals surface area contributed by atoms with Gasteiger partial charge in [0.15, 0.2) is 0 Å². The molecule has 1 aliphatic rings. The maximum absolute atomic E-state index is 12.0. The standard InChI is InChI=1S/C14H18ClNO2/c1-18-14(17)13(16-8-3-2-4-9-16)11-6-5-7-12(15)10-11/h5-7,10,13H,2-4,8-9H2,1H3/t13-/m1/s1. The lowest BCUT2D eigenvalue weighted by Crippen LogP contribution is -2.38. The van der Waals surface area contributed by atoms with Crippen LogP contribution in [0.15, 0.2) is 24.3 Å². The Kier molecular flexibility index (Phi) is 4.61. The summed E-state index contributed by atoms with van der Waals surface area (Å²) in [5.74, 6) is -0.209. The number of benzene rings is 1. The van der Waals surface area contributed by atoms with Gasteiger partial charge >= 0.3 is 5.97 Å². The van der Waals surface area contributed by atoms with Crippen LogP contribution in [0.2, 0.25) is 5.02 Å². The molecule has 1 aromatic rings. The first-order chi connectivity index (χ1) is 8.72. The number of nitrogens with zero attached hydrogens (tertiary/aromatic N) is 1. The molecule has 98 valence electrons. The highest BCUT2D eigenvalue weighted by molar-refractivity contribution is 6.30. The van der Waals surface area contributed by atoms with Gasteiger partial charge in [-0.1, -0.05) is 30.2 Å². The monoisotopic (exact) mass is 267 g/mol. The summed E-state index contributed by atoms with van der Waals surface area (Å²) in [6, 6.07) is 7.14. The summed E-state index contributed by atoms with van der Waals surface area (Å²) < 4.78 is 4.94. The van der Waals surface area contributed by atoms with Gasteiger partial charge in [-0.05, 0) is 43.6 Å². The van der Waals surface area contributed by atoms with E-state index in [1.807, 2.05) is 24.3 Å².